The van der Waals surface area contributed by atoms with Crippen LogP contribution in [0.3, 0.4) is 0 Å². The van der Waals surface area contributed by atoms with Crippen LogP contribution in [0.5, 0.6) is 5.75 Å². The van der Waals surface area contributed by atoms with Crippen molar-refractivity contribution >= 4 is 0 Å². The number of aromatic nitrogens is 3. The van der Waals surface area contributed by atoms with Crippen LogP contribution < -0.4 is 10.3 Å². The molecule has 110 valence electrons. The second kappa shape index (κ2) is 5.77. The van der Waals surface area contributed by atoms with Crippen LogP contribution in [0, 0.1) is 5.82 Å². The van der Waals surface area contributed by atoms with Crippen LogP contribution in [0.2, 0.25) is 0 Å². The lowest BCUT2D eigenvalue weighted by molar-refractivity contribution is 0.411. The van der Waals surface area contributed by atoms with Crippen molar-refractivity contribution in [3.05, 3.63) is 65.1 Å². The maximum Gasteiger partial charge on any atom is 0.248 e. The fourth-order valence-electron chi connectivity index (χ4n) is 2.04. The summed E-state index contributed by atoms with van der Waals surface area (Å²) < 4.78 is 18.8. The summed E-state index contributed by atoms with van der Waals surface area (Å²) in [7, 11) is 1.54. The van der Waals surface area contributed by atoms with Crippen molar-refractivity contribution in [1.29, 1.82) is 0 Å². The summed E-state index contributed by atoms with van der Waals surface area (Å²) >= 11 is 0. The third kappa shape index (κ3) is 2.71. The fraction of sp³-hybridized carbons (Fsp3) is 0.0625. The van der Waals surface area contributed by atoms with E-state index < -0.39 is 5.82 Å². The number of hydrogen-bond acceptors (Lipinski definition) is 4. The van der Waals surface area contributed by atoms with Gasteiger partial charge < -0.3 is 9.72 Å². The van der Waals surface area contributed by atoms with Gasteiger partial charge in [0.2, 0.25) is 5.56 Å². The number of benzene rings is 1. The Morgan fingerprint density at radius 2 is 1.73 bits per heavy atom. The molecule has 0 aliphatic rings. The highest BCUT2D eigenvalue weighted by Gasteiger charge is 2.07. The number of pyridine rings is 1. The van der Waals surface area contributed by atoms with Gasteiger partial charge >= 0.3 is 0 Å². The number of nitrogens with one attached hydrogen (secondary N) is 1. The molecule has 0 amide bonds. The number of hydrogen-bond donors (Lipinski definition) is 1. The Morgan fingerprint density at radius 3 is 2.36 bits per heavy atom. The molecule has 22 heavy (non-hydrogen) atoms. The molecule has 0 bridgehead atoms. The van der Waals surface area contributed by atoms with E-state index in [9.17, 15) is 9.18 Å². The summed E-state index contributed by atoms with van der Waals surface area (Å²) in [5.74, 6) is 0.637. The van der Waals surface area contributed by atoms with Crippen molar-refractivity contribution in [2.75, 3.05) is 7.11 Å². The summed E-state index contributed by atoms with van der Waals surface area (Å²) in [5, 5.41) is 0. The quantitative estimate of drug-likeness (QED) is 0.807. The number of nitrogens with zero attached hydrogens (tertiary/aromatic N) is 2. The first-order valence-electron chi connectivity index (χ1n) is 6.52. The van der Waals surface area contributed by atoms with E-state index in [0.29, 0.717) is 17.1 Å². The Morgan fingerprint density at radius 1 is 1.09 bits per heavy atom. The van der Waals surface area contributed by atoms with Crippen molar-refractivity contribution in [3.63, 3.8) is 0 Å². The van der Waals surface area contributed by atoms with E-state index in [1.54, 1.807) is 43.8 Å². The summed E-state index contributed by atoms with van der Waals surface area (Å²) in [6.07, 6.45) is 4.21. The van der Waals surface area contributed by atoms with Gasteiger partial charge in [-0.05, 0) is 5.56 Å². The molecule has 3 aromatic rings. The largest absolute Gasteiger partial charge is 0.494 e. The van der Waals surface area contributed by atoms with E-state index in [1.165, 1.54) is 6.07 Å². The molecule has 0 unspecified atom stereocenters. The first-order valence-corrected chi connectivity index (χ1v) is 6.52. The van der Waals surface area contributed by atoms with Gasteiger partial charge in [0.25, 0.3) is 0 Å². The minimum Gasteiger partial charge on any atom is -0.494 e. The molecule has 6 heteroatoms. The van der Waals surface area contributed by atoms with Crippen molar-refractivity contribution in [2.45, 2.75) is 0 Å². The van der Waals surface area contributed by atoms with Crippen LogP contribution in [0.1, 0.15) is 0 Å². The lowest BCUT2D eigenvalue weighted by Gasteiger charge is -2.05. The first kappa shape index (κ1) is 13.9. The molecule has 5 nitrogen and oxygen atoms in total. The van der Waals surface area contributed by atoms with Crippen LogP contribution in [-0.4, -0.2) is 22.1 Å². The number of methoxy groups -OCH3 is 1. The van der Waals surface area contributed by atoms with E-state index >= 15 is 0 Å². The second-order valence-electron chi connectivity index (χ2n) is 4.58. The average Bonchev–Trinajstić information content (AvgIpc) is 2.57. The third-order valence-electron chi connectivity index (χ3n) is 3.19. The minimum absolute atomic E-state index is 0.256. The average molecular weight is 297 g/mol. The molecule has 0 saturated heterocycles. The van der Waals surface area contributed by atoms with Crippen molar-refractivity contribution in [2.24, 2.45) is 0 Å². The van der Waals surface area contributed by atoms with E-state index in [4.69, 9.17) is 4.74 Å². The van der Waals surface area contributed by atoms with Gasteiger partial charge in [-0.1, -0.05) is 24.3 Å². The molecule has 0 aliphatic carbocycles. The van der Waals surface area contributed by atoms with Gasteiger partial charge in [0.15, 0.2) is 11.6 Å². The summed E-state index contributed by atoms with van der Waals surface area (Å²) in [4.78, 5) is 22.0. The van der Waals surface area contributed by atoms with E-state index in [-0.39, 0.29) is 11.1 Å². The Labute approximate surface area is 125 Å². The number of H-pyrrole nitrogens is 1. The molecule has 0 atom stereocenters. The molecule has 0 spiro atoms. The van der Waals surface area contributed by atoms with Crippen LogP contribution in [0.15, 0.2) is 53.7 Å². The standard InChI is InChI=1S/C16H12FN3O2/c1-22-12-7-19-16(20-8-12)11-4-2-10(3-5-11)13-6-15(21)18-9-14(13)17/h2-9H,1H3,(H,18,21). The molecule has 2 heterocycles. The predicted molar refractivity (Wildman–Crippen MR) is 80.0 cm³/mol. The van der Waals surface area contributed by atoms with Gasteiger partial charge in [-0.2, -0.15) is 0 Å². The van der Waals surface area contributed by atoms with Gasteiger partial charge in [0.05, 0.1) is 19.5 Å². The number of ether oxygens (including phenoxy) is 1. The topological polar surface area (TPSA) is 67.9 Å². The van der Waals surface area contributed by atoms with Gasteiger partial charge in [0, 0.05) is 23.4 Å². The van der Waals surface area contributed by atoms with Crippen LogP contribution in [-0.2, 0) is 0 Å². The SMILES string of the molecule is COc1cnc(-c2ccc(-c3cc(=O)[nH]cc3F)cc2)nc1. The van der Waals surface area contributed by atoms with Gasteiger partial charge in [0.1, 0.15) is 5.82 Å². The molecular weight excluding hydrogens is 285 g/mol. The highest BCUT2D eigenvalue weighted by molar-refractivity contribution is 5.67. The van der Waals surface area contributed by atoms with Crippen molar-refractivity contribution < 1.29 is 9.13 Å². The highest BCUT2D eigenvalue weighted by atomic mass is 19.1. The summed E-state index contributed by atoms with van der Waals surface area (Å²) in [5.41, 5.74) is 1.31. The molecular formula is C16H12FN3O2. The molecule has 0 radical (unpaired) electrons. The predicted octanol–water partition coefficient (Wildman–Crippen LogP) is 2.65. The molecule has 0 aliphatic heterocycles. The minimum atomic E-state index is -0.479. The van der Waals surface area contributed by atoms with Crippen LogP contribution >= 0.6 is 0 Å². The van der Waals surface area contributed by atoms with Gasteiger partial charge in [-0.25, -0.2) is 14.4 Å². The van der Waals surface area contributed by atoms with Crippen molar-refractivity contribution in [3.8, 4) is 28.3 Å². The summed E-state index contributed by atoms with van der Waals surface area (Å²) in [6, 6.07) is 8.23. The lowest BCUT2D eigenvalue weighted by Crippen LogP contribution is -2.04. The second-order valence-corrected chi connectivity index (χ2v) is 4.58. The van der Waals surface area contributed by atoms with E-state index in [2.05, 4.69) is 15.0 Å². The maximum atomic E-state index is 13.8. The van der Waals surface area contributed by atoms with Crippen LogP contribution in [0.4, 0.5) is 4.39 Å². The molecule has 0 fully saturated rings. The van der Waals surface area contributed by atoms with E-state index in [0.717, 1.165) is 11.8 Å². The monoisotopic (exact) mass is 297 g/mol. The fourth-order valence-corrected chi connectivity index (χ4v) is 2.04. The zero-order valence-electron chi connectivity index (χ0n) is 11.7. The zero-order chi connectivity index (χ0) is 15.5. The third-order valence-corrected chi connectivity index (χ3v) is 3.19. The molecule has 3 rings (SSSR count). The zero-order valence-corrected chi connectivity index (χ0v) is 11.7. The lowest BCUT2D eigenvalue weighted by atomic mass is 10.0. The summed E-state index contributed by atoms with van der Waals surface area (Å²) in [6.45, 7) is 0. The van der Waals surface area contributed by atoms with Crippen molar-refractivity contribution in [1.82, 2.24) is 15.0 Å². The Kier molecular flexibility index (Phi) is 3.65. The highest BCUT2D eigenvalue weighted by Crippen LogP contribution is 2.24. The smallest absolute Gasteiger partial charge is 0.248 e. The Bertz CT molecular complexity index is 843. The molecule has 2 aromatic heterocycles. The number of rotatable bonds is 3. The van der Waals surface area contributed by atoms with Gasteiger partial charge in [-0.15, -0.1) is 0 Å². The molecule has 1 aromatic carbocycles. The number of halogens is 1. The number of aromatic amines is 1. The Balaban J connectivity index is 1.95. The van der Waals surface area contributed by atoms with E-state index in [1.807, 2.05) is 0 Å². The Hall–Kier alpha value is -3.02. The molecule has 1 N–H and O–H groups in total. The van der Waals surface area contributed by atoms with Gasteiger partial charge in [-0.3, -0.25) is 4.79 Å². The van der Waals surface area contributed by atoms with Crippen LogP contribution in [0.25, 0.3) is 22.5 Å². The molecule has 0 saturated carbocycles. The first-order chi connectivity index (χ1) is 10.7. The maximum absolute atomic E-state index is 13.8. The normalized spacial score (nSPS) is 10.5.